The van der Waals surface area contributed by atoms with E-state index in [-0.39, 0.29) is 23.7 Å². The lowest BCUT2D eigenvalue weighted by molar-refractivity contribution is -0.136. The number of carbonyl (C=O) groups excluding carboxylic acids is 2. The minimum atomic E-state index is -0.635. The van der Waals surface area contributed by atoms with Crippen molar-refractivity contribution >= 4 is 12.0 Å². The molecule has 7 heteroatoms. The molecule has 1 aromatic rings. The standard InChI is InChI=1S/C21H31FN2O4/c1-14(2)18(23-20(26)28-21(3,4)5)19(25)24-12-10-17(11-13-24)27-16-8-6-15(22)7-9-16/h6-9,14,17-18H,10-13H2,1-5H3,(H,23,26)/t18-/m0/s1. The zero-order valence-electron chi connectivity index (χ0n) is 17.3. The molecule has 28 heavy (non-hydrogen) atoms. The summed E-state index contributed by atoms with van der Waals surface area (Å²) in [6.45, 7) is 10.2. The Bertz CT molecular complexity index is 662. The first-order valence-corrected chi connectivity index (χ1v) is 9.75. The second kappa shape index (κ2) is 9.26. The number of nitrogens with one attached hydrogen (secondary N) is 1. The first-order valence-electron chi connectivity index (χ1n) is 9.75. The highest BCUT2D eigenvalue weighted by Crippen LogP contribution is 2.21. The number of benzene rings is 1. The topological polar surface area (TPSA) is 67.9 Å². The predicted octanol–water partition coefficient (Wildman–Crippen LogP) is 3.74. The zero-order valence-corrected chi connectivity index (χ0v) is 17.3. The Balaban J connectivity index is 1.89. The van der Waals surface area contributed by atoms with E-state index in [1.54, 1.807) is 37.8 Å². The molecule has 1 heterocycles. The van der Waals surface area contributed by atoms with Crippen LogP contribution in [0.2, 0.25) is 0 Å². The van der Waals surface area contributed by atoms with Crippen molar-refractivity contribution in [3.63, 3.8) is 0 Å². The molecule has 1 fully saturated rings. The van der Waals surface area contributed by atoms with Crippen LogP contribution in [0.15, 0.2) is 24.3 Å². The fraction of sp³-hybridized carbons (Fsp3) is 0.619. The van der Waals surface area contributed by atoms with Gasteiger partial charge in [-0.2, -0.15) is 0 Å². The highest BCUT2D eigenvalue weighted by Gasteiger charge is 2.32. The largest absolute Gasteiger partial charge is 0.490 e. The van der Waals surface area contributed by atoms with Crippen molar-refractivity contribution in [2.45, 2.75) is 65.2 Å². The van der Waals surface area contributed by atoms with Crippen molar-refractivity contribution in [1.82, 2.24) is 10.2 Å². The van der Waals surface area contributed by atoms with E-state index < -0.39 is 17.7 Å². The maximum absolute atomic E-state index is 13.0. The van der Waals surface area contributed by atoms with E-state index >= 15 is 0 Å². The van der Waals surface area contributed by atoms with Gasteiger partial charge in [-0.3, -0.25) is 4.79 Å². The zero-order chi connectivity index (χ0) is 20.9. The Morgan fingerprint density at radius 3 is 2.21 bits per heavy atom. The molecule has 1 aliphatic heterocycles. The van der Waals surface area contributed by atoms with Crippen molar-refractivity contribution in [1.29, 1.82) is 0 Å². The molecule has 1 saturated heterocycles. The number of ether oxygens (including phenoxy) is 2. The maximum Gasteiger partial charge on any atom is 0.408 e. The van der Waals surface area contributed by atoms with Crippen LogP contribution in [-0.4, -0.2) is 47.7 Å². The monoisotopic (exact) mass is 394 g/mol. The molecule has 2 amide bonds. The van der Waals surface area contributed by atoms with Crippen molar-refractivity contribution in [2.24, 2.45) is 5.92 Å². The van der Waals surface area contributed by atoms with Gasteiger partial charge in [0, 0.05) is 25.9 Å². The number of nitrogens with zero attached hydrogens (tertiary/aromatic N) is 1. The van der Waals surface area contributed by atoms with E-state index in [0.717, 1.165) is 0 Å². The molecule has 1 atom stereocenters. The van der Waals surface area contributed by atoms with E-state index in [2.05, 4.69) is 5.32 Å². The fourth-order valence-corrected chi connectivity index (χ4v) is 3.04. The van der Waals surface area contributed by atoms with Gasteiger partial charge in [-0.1, -0.05) is 13.8 Å². The summed E-state index contributed by atoms with van der Waals surface area (Å²) in [7, 11) is 0. The number of carbonyl (C=O) groups is 2. The number of halogens is 1. The van der Waals surface area contributed by atoms with E-state index in [4.69, 9.17) is 9.47 Å². The molecule has 1 aromatic carbocycles. The van der Waals surface area contributed by atoms with Gasteiger partial charge in [0.15, 0.2) is 0 Å². The van der Waals surface area contributed by atoms with E-state index in [1.165, 1.54) is 12.1 Å². The third-order valence-electron chi connectivity index (χ3n) is 4.48. The van der Waals surface area contributed by atoms with Crippen LogP contribution in [0.5, 0.6) is 5.75 Å². The lowest BCUT2D eigenvalue weighted by Gasteiger charge is -2.35. The fourth-order valence-electron chi connectivity index (χ4n) is 3.04. The summed E-state index contributed by atoms with van der Waals surface area (Å²) in [5.74, 6) is 0.150. The van der Waals surface area contributed by atoms with Crippen LogP contribution in [0.1, 0.15) is 47.5 Å². The Hall–Kier alpha value is -2.31. The maximum atomic E-state index is 13.0. The lowest BCUT2D eigenvalue weighted by Crippen LogP contribution is -2.54. The molecule has 0 saturated carbocycles. The molecular formula is C21H31FN2O4. The van der Waals surface area contributed by atoms with Gasteiger partial charge in [-0.25, -0.2) is 9.18 Å². The Labute approximate surface area is 166 Å². The Kier molecular flexibility index (Phi) is 7.27. The molecule has 6 nitrogen and oxygen atoms in total. The second-order valence-electron chi connectivity index (χ2n) is 8.46. The number of hydrogen-bond acceptors (Lipinski definition) is 4. The minimum Gasteiger partial charge on any atom is -0.490 e. The molecular weight excluding hydrogens is 363 g/mol. The summed E-state index contributed by atoms with van der Waals surface area (Å²) < 4.78 is 24.1. The van der Waals surface area contributed by atoms with Gasteiger partial charge in [0.25, 0.3) is 0 Å². The van der Waals surface area contributed by atoms with Crippen molar-refractivity contribution in [2.75, 3.05) is 13.1 Å². The van der Waals surface area contributed by atoms with E-state index in [9.17, 15) is 14.0 Å². The van der Waals surface area contributed by atoms with Crippen LogP contribution in [0, 0.1) is 11.7 Å². The molecule has 0 aromatic heterocycles. The summed E-state index contributed by atoms with van der Waals surface area (Å²) in [5.41, 5.74) is -0.620. The molecule has 1 N–H and O–H groups in total. The number of amides is 2. The van der Waals surface area contributed by atoms with Crippen molar-refractivity contribution in [3.05, 3.63) is 30.1 Å². The van der Waals surface area contributed by atoms with Crippen LogP contribution < -0.4 is 10.1 Å². The summed E-state index contributed by atoms with van der Waals surface area (Å²) in [6, 6.07) is 5.30. The van der Waals surface area contributed by atoms with Gasteiger partial charge < -0.3 is 19.7 Å². The molecule has 0 spiro atoms. The third kappa shape index (κ3) is 6.69. The van der Waals surface area contributed by atoms with Gasteiger partial charge in [0.2, 0.25) is 5.91 Å². The van der Waals surface area contributed by atoms with Crippen LogP contribution in [-0.2, 0) is 9.53 Å². The molecule has 0 aliphatic carbocycles. The van der Waals surface area contributed by atoms with Gasteiger partial charge in [-0.15, -0.1) is 0 Å². The van der Waals surface area contributed by atoms with Crippen molar-refractivity contribution < 1.29 is 23.5 Å². The molecule has 156 valence electrons. The highest BCUT2D eigenvalue weighted by atomic mass is 19.1. The minimum absolute atomic E-state index is 0.0224. The normalized spacial score (nSPS) is 16.6. The molecule has 0 radical (unpaired) electrons. The molecule has 1 aliphatic rings. The first-order chi connectivity index (χ1) is 13.0. The van der Waals surface area contributed by atoms with Crippen LogP contribution in [0.4, 0.5) is 9.18 Å². The number of likely N-dealkylation sites (tertiary alicyclic amines) is 1. The van der Waals surface area contributed by atoms with Crippen LogP contribution in [0.3, 0.4) is 0 Å². The Morgan fingerprint density at radius 2 is 1.71 bits per heavy atom. The van der Waals surface area contributed by atoms with Crippen LogP contribution >= 0.6 is 0 Å². The predicted molar refractivity (Wildman–Crippen MR) is 105 cm³/mol. The molecule has 2 rings (SSSR count). The third-order valence-corrected chi connectivity index (χ3v) is 4.48. The SMILES string of the molecule is CC(C)[C@H](NC(=O)OC(C)(C)C)C(=O)N1CCC(Oc2ccc(F)cc2)CC1. The molecule has 0 unspecified atom stereocenters. The first kappa shape index (κ1) is 22.0. The lowest BCUT2D eigenvalue weighted by atomic mass is 10.0. The molecule has 0 bridgehead atoms. The van der Waals surface area contributed by atoms with Gasteiger partial charge in [0.05, 0.1) is 0 Å². The number of alkyl carbamates (subject to hydrolysis) is 1. The summed E-state index contributed by atoms with van der Waals surface area (Å²) in [5, 5.41) is 2.71. The van der Waals surface area contributed by atoms with Gasteiger partial charge >= 0.3 is 6.09 Å². The smallest absolute Gasteiger partial charge is 0.408 e. The average Bonchev–Trinajstić information content (AvgIpc) is 2.60. The quantitative estimate of drug-likeness (QED) is 0.826. The highest BCUT2D eigenvalue weighted by molar-refractivity contribution is 5.86. The number of hydrogen-bond donors (Lipinski definition) is 1. The van der Waals surface area contributed by atoms with Gasteiger partial charge in [0.1, 0.15) is 29.3 Å². The van der Waals surface area contributed by atoms with Crippen molar-refractivity contribution in [3.8, 4) is 5.75 Å². The van der Waals surface area contributed by atoms with E-state index in [0.29, 0.717) is 31.7 Å². The summed E-state index contributed by atoms with van der Waals surface area (Å²) in [4.78, 5) is 26.8. The summed E-state index contributed by atoms with van der Waals surface area (Å²) >= 11 is 0. The van der Waals surface area contributed by atoms with Gasteiger partial charge in [-0.05, 0) is 51.0 Å². The Morgan fingerprint density at radius 1 is 1.14 bits per heavy atom. The van der Waals surface area contributed by atoms with E-state index in [1.807, 2.05) is 13.8 Å². The number of rotatable bonds is 5. The van der Waals surface area contributed by atoms with Crippen LogP contribution in [0.25, 0.3) is 0 Å². The number of piperidine rings is 1. The average molecular weight is 394 g/mol. The second-order valence-corrected chi connectivity index (χ2v) is 8.46. The summed E-state index contributed by atoms with van der Waals surface area (Å²) in [6.07, 6.45) is 0.751.